The molecule has 0 aromatic rings. The zero-order chi connectivity index (χ0) is 11.1. The number of allylic oxidation sites excluding steroid dienone is 3. The van der Waals surface area contributed by atoms with Crippen molar-refractivity contribution in [3.63, 3.8) is 0 Å². The number of hydrogen-bond acceptors (Lipinski definition) is 4. The van der Waals surface area contributed by atoms with Crippen LogP contribution in [0.2, 0.25) is 0 Å². The summed E-state index contributed by atoms with van der Waals surface area (Å²) in [6.45, 7) is 3.07. The second-order valence-corrected chi connectivity index (χ2v) is 4.20. The van der Waals surface area contributed by atoms with E-state index in [-0.39, 0.29) is 19.3 Å². The molecule has 3 aliphatic heterocycles. The van der Waals surface area contributed by atoms with Crippen molar-refractivity contribution in [2.45, 2.75) is 19.1 Å². The highest BCUT2D eigenvalue weighted by Crippen LogP contribution is 2.35. The summed E-state index contributed by atoms with van der Waals surface area (Å²) in [6, 6.07) is 0. The summed E-state index contributed by atoms with van der Waals surface area (Å²) >= 11 is 0. The van der Waals surface area contributed by atoms with Gasteiger partial charge < -0.3 is 19.8 Å². The van der Waals surface area contributed by atoms with Crippen molar-refractivity contribution in [1.29, 1.82) is 0 Å². The van der Waals surface area contributed by atoms with E-state index in [9.17, 15) is 0 Å². The molecule has 3 aliphatic rings. The molecule has 0 aliphatic carbocycles. The Balaban J connectivity index is 2.07. The normalized spacial score (nSPS) is 32.1. The van der Waals surface area contributed by atoms with Crippen LogP contribution in [0.3, 0.4) is 0 Å². The minimum Gasteiger partial charge on any atom is -0.494 e. The molecule has 0 saturated carbocycles. The van der Waals surface area contributed by atoms with Gasteiger partial charge >= 0.3 is 7.12 Å². The number of nitrogens with two attached hydrogens (primary N) is 1. The van der Waals surface area contributed by atoms with E-state index in [2.05, 4.69) is 0 Å². The number of ether oxygens (including phenoxy) is 1. The lowest BCUT2D eigenvalue weighted by Crippen LogP contribution is -2.36. The van der Waals surface area contributed by atoms with E-state index in [0.29, 0.717) is 13.2 Å². The van der Waals surface area contributed by atoms with Crippen LogP contribution in [0.25, 0.3) is 0 Å². The molecule has 0 spiro atoms. The molecule has 2 N–H and O–H groups in total. The second kappa shape index (κ2) is 3.77. The van der Waals surface area contributed by atoms with E-state index in [4.69, 9.17) is 19.8 Å². The summed E-state index contributed by atoms with van der Waals surface area (Å²) in [4.78, 5) is 0. The first-order valence-electron chi connectivity index (χ1n) is 5.54. The number of hydrogen-bond donors (Lipinski definition) is 1. The summed E-state index contributed by atoms with van der Waals surface area (Å²) in [5.41, 5.74) is 9.06. The maximum atomic E-state index is 5.73. The predicted molar refractivity (Wildman–Crippen MR) is 60.4 cm³/mol. The van der Waals surface area contributed by atoms with E-state index in [1.165, 1.54) is 5.57 Å². The summed E-state index contributed by atoms with van der Waals surface area (Å²) in [5.74, 6) is 0. The lowest BCUT2D eigenvalue weighted by atomic mass is 9.70. The van der Waals surface area contributed by atoms with Gasteiger partial charge in [0.05, 0.1) is 19.0 Å². The van der Waals surface area contributed by atoms with E-state index in [0.717, 1.165) is 11.0 Å². The van der Waals surface area contributed by atoms with Crippen LogP contribution in [-0.2, 0) is 14.0 Å². The van der Waals surface area contributed by atoms with Gasteiger partial charge in [0.2, 0.25) is 0 Å². The van der Waals surface area contributed by atoms with Crippen molar-refractivity contribution < 1.29 is 14.0 Å². The van der Waals surface area contributed by atoms with Crippen LogP contribution < -0.4 is 5.73 Å². The highest BCUT2D eigenvalue weighted by molar-refractivity contribution is 6.57. The van der Waals surface area contributed by atoms with E-state index < -0.39 is 0 Å². The summed E-state index contributed by atoms with van der Waals surface area (Å²) in [6.07, 6.45) is 5.73. The summed E-state index contributed by atoms with van der Waals surface area (Å²) in [5, 5.41) is 0. The molecule has 4 nitrogen and oxygen atoms in total. The highest BCUT2D eigenvalue weighted by atomic mass is 16.6. The lowest BCUT2D eigenvalue weighted by Gasteiger charge is -2.23. The molecule has 0 amide bonds. The monoisotopic (exact) mass is 219 g/mol. The Morgan fingerprint density at radius 3 is 3.25 bits per heavy atom. The van der Waals surface area contributed by atoms with Crippen molar-refractivity contribution >= 4 is 7.12 Å². The molecule has 3 heterocycles. The fourth-order valence-electron chi connectivity index (χ4n) is 2.31. The molecule has 3 rings (SSSR count). The first-order valence-corrected chi connectivity index (χ1v) is 5.54. The highest BCUT2D eigenvalue weighted by Gasteiger charge is 2.41. The van der Waals surface area contributed by atoms with Crippen LogP contribution in [-0.4, -0.2) is 32.5 Å². The average molecular weight is 219 g/mol. The van der Waals surface area contributed by atoms with Gasteiger partial charge in [-0.2, -0.15) is 0 Å². The molecule has 0 unspecified atom stereocenters. The smallest absolute Gasteiger partial charge is 0.494 e. The van der Waals surface area contributed by atoms with Gasteiger partial charge in [0.15, 0.2) is 0 Å². The molecule has 84 valence electrons. The minimum absolute atomic E-state index is 0.0557. The molecule has 16 heavy (non-hydrogen) atoms. The van der Waals surface area contributed by atoms with Gasteiger partial charge in [0.25, 0.3) is 0 Å². The second-order valence-electron chi connectivity index (χ2n) is 4.20. The quantitative estimate of drug-likeness (QED) is 0.654. The zero-order valence-corrected chi connectivity index (χ0v) is 9.18. The molecule has 0 radical (unpaired) electrons. The number of rotatable bonds is 1. The van der Waals surface area contributed by atoms with Crippen LogP contribution in [0.1, 0.15) is 6.92 Å². The standard InChI is InChI=1S/C11H14BNO3/c1-7-10-6-15-12-11(10)8(2-3-14-7)4-9(5-13)16-12/h2-4,7,9H,5-6,13H2,1H3/t7-,9-/m0/s1. The molecular formula is C11H14BNO3. The molecular weight excluding hydrogens is 205 g/mol. The minimum atomic E-state index is -0.266. The Hall–Kier alpha value is -1.04. The fourth-order valence-corrected chi connectivity index (χ4v) is 2.31. The van der Waals surface area contributed by atoms with Gasteiger partial charge in [-0.1, -0.05) is 0 Å². The maximum absolute atomic E-state index is 5.73. The van der Waals surface area contributed by atoms with Gasteiger partial charge in [0.1, 0.15) is 6.10 Å². The molecule has 0 aromatic carbocycles. The van der Waals surface area contributed by atoms with Crippen molar-refractivity contribution in [3.05, 3.63) is 35.0 Å². The lowest BCUT2D eigenvalue weighted by molar-refractivity contribution is 0.165. The van der Waals surface area contributed by atoms with Gasteiger partial charge in [-0.3, -0.25) is 0 Å². The van der Waals surface area contributed by atoms with Crippen LogP contribution in [0.15, 0.2) is 35.0 Å². The fraction of sp³-hybridized carbons (Fsp3) is 0.455. The van der Waals surface area contributed by atoms with Crippen LogP contribution in [0.5, 0.6) is 0 Å². The Morgan fingerprint density at radius 2 is 2.44 bits per heavy atom. The van der Waals surface area contributed by atoms with E-state index in [1.54, 1.807) is 6.26 Å². The third-order valence-electron chi connectivity index (χ3n) is 3.20. The largest absolute Gasteiger partial charge is 0.495 e. The maximum Gasteiger partial charge on any atom is 0.495 e. The zero-order valence-electron chi connectivity index (χ0n) is 9.18. The first-order chi connectivity index (χ1) is 7.79. The Labute approximate surface area is 94.9 Å². The van der Waals surface area contributed by atoms with Crippen LogP contribution >= 0.6 is 0 Å². The van der Waals surface area contributed by atoms with Crippen LogP contribution in [0.4, 0.5) is 0 Å². The molecule has 2 atom stereocenters. The Bertz CT molecular complexity index is 402. The first kappa shape index (κ1) is 10.1. The van der Waals surface area contributed by atoms with Crippen molar-refractivity contribution in [3.8, 4) is 0 Å². The van der Waals surface area contributed by atoms with Crippen molar-refractivity contribution in [1.82, 2.24) is 0 Å². The molecule has 5 heteroatoms. The topological polar surface area (TPSA) is 53.7 Å². The van der Waals surface area contributed by atoms with E-state index >= 15 is 0 Å². The summed E-state index contributed by atoms with van der Waals surface area (Å²) < 4.78 is 16.9. The van der Waals surface area contributed by atoms with Gasteiger partial charge in [-0.25, -0.2) is 0 Å². The third-order valence-corrected chi connectivity index (χ3v) is 3.20. The molecule has 0 saturated heterocycles. The molecule has 0 bridgehead atoms. The third kappa shape index (κ3) is 1.43. The Morgan fingerprint density at radius 1 is 1.56 bits per heavy atom. The van der Waals surface area contributed by atoms with E-state index in [1.807, 2.05) is 19.1 Å². The van der Waals surface area contributed by atoms with Gasteiger partial charge in [0, 0.05) is 6.54 Å². The van der Waals surface area contributed by atoms with Crippen LogP contribution in [0, 0.1) is 0 Å². The van der Waals surface area contributed by atoms with Crippen molar-refractivity contribution in [2.75, 3.05) is 13.2 Å². The predicted octanol–water partition coefficient (Wildman–Crippen LogP) is 0.557. The van der Waals surface area contributed by atoms with Crippen molar-refractivity contribution in [2.24, 2.45) is 5.73 Å². The summed E-state index contributed by atoms with van der Waals surface area (Å²) in [7, 11) is -0.266. The molecule has 0 aromatic heterocycles. The molecule has 0 fully saturated rings. The SMILES string of the molecule is C[C@@H]1OC=CC2=C[C@@H](CN)OB3OCC1=C32. The average Bonchev–Trinajstić information content (AvgIpc) is 2.65. The Kier molecular flexibility index (Phi) is 2.39. The van der Waals surface area contributed by atoms with Gasteiger partial charge in [-0.05, 0) is 35.7 Å². The van der Waals surface area contributed by atoms with Gasteiger partial charge in [-0.15, -0.1) is 0 Å².